The highest BCUT2D eigenvalue weighted by molar-refractivity contribution is 8.30. The van der Waals surface area contributed by atoms with Gasteiger partial charge in [0.2, 0.25) is 4.38 Å². The molecule has 0 bridgehead atoms. The van der Waals surface area contributed by atoms with E-state index in [4.69, 9.17) is 16.3 Å². The van der Waals surface area contributed by atoms with E-state index in [1.807, 2.05) is 0 Å². The van der Waals surface area contributed by atoms with Crippen molar-refractivity contribution in [2.75, 3.05) is 6.61 Å². The van der Waals surface area contributed by atoms with Crippen molar-refractivity contribution in [3.8, 4) is 0 Å². The predicted molar refractivity (Wildman–Crippen MR) is 74.1 cm³/mol. The third-order valence-corrected chi connectivity index (χ3v) is 3.90. The number of benzene rings is 1. The van der Waals surface area contributed by atoms with E-state index in [2.05, 4.69) is 12.2 Å². The quantitative estimate of drug-likeness (QED) is 0.437. The van der Waals surface area contributed by atoms with E-state index in [1.165, 1.54) is 12.1 Å². The van der Waals surface area contributed by atoms with Crippen molar-refractivity contribution in [1.82, 2.24) is 0 Å². The van der Waals surface area contributed by atoms with Crippen LogP contribution in [0.5, 0.6) is 0 Å². The van der Waals surface area contributed by atoms with Gasteiger partial charge in [0.25, 0.3) is 0 Å². The first-order chi connectivity index (χ1) is 7.93. The van der Waals surface area contributed by atoms with Crippen molar-refractivity contribution in [2.45, 2.75) is 16.4 Å². The zero-order valence-corrected chi connectivity index (χ0v) is 12.0. The van der Waals surface area contributed by atoms with Crippen LogP contribution in [-0.4, -0.2) is 15.6 Å². The summed E-state index contributed by atoms with van der Waals surface area (Å²) in [6, 6.07) is 6.19. The summed E-state index contributed by atoms with van der Waals surface area (Å²) in [5, 5.41) is 0.509. The smallest absolute Gasteiger partial charge is 0.354 e. The molecule has 0 N–H and O–H groups in total. The number of thiocarbonyl (C=S) groups is 1. The van der Waals surface area contributed by atoms with Crippen molar-refractivity contribution >= 4 is 51.7 Å². The number of hydrogen-bond donors (Lipinski definition) is 0. The van der Waals surface area contributed by atoms with Crippen LogP contribution in [0.3, 0.4) is 0 Å². The van der Waals surface area contributed by atoms with E-state index in [1.54, 1.807) is 19.1 Å². The van der Waals surface area contributed by atoms with Gasteiger partial charge in [0.1, 0.15) is 0 Å². The maximum absolute atomic E-state index is 13.5. The van der Waals surface area contributed by atoms with Crippen LogP contribution in [0.2, 0.25) is 5.02 Å². The fourth-order valence-electron chi connectivity index (χ4n) is 0.905. The Hall–Kier alpha value is -0.0400. The van der Waals surface area contributed by atoms with Crippen LogP contribution >= 0.6 is 47.3 Å². The first-order valence-electron chi connectivity index (χ1n) is 4.61. The van der Waals surface area contributed by atoms with E-state index in [-0.39, 0.29) is 22.8 Å². The Bertz CT molecular complexity index is 384. The highest BCUT2D eigenvalue weighted by Crippen LogP contribution is 2.45. The average molecular weight is 315 g/mol. The largest absolute Gasteiger partial charge is 0.479 e. The molecule has 0 atom stereocenters. The molecule has 0 radical (unpaired) electrons. The Morgan fingerprint density at radius 2 is 2.00 bits per heavy atom. The zero-order chi connectivity index (χ0) is 12.9. The normalized spacial score (nSPS) is 11.3. The summed E-state index contributed by atoms with van der Waals surface area (Å²) in [6.07, 6.45) is 0. The van der Waals surface area contributed by atoms with Crippen molar-refractivity contribution in [3.05, 3.63) is 29.3 Å². The number of rotatable bonds is 4. The van der Waals surface area contributed by atoms with E-state index in [0.29, 0.717) is 21.7 Å². The van der Waals surface area contributed by atoms with E-state index >= 15 is 0 Å². The number of halogens is 3. The molecule has 17 heavy (non-hydrogen) atoms. The molecular formula is C10H9ClF2OS3. The molecule has 7 heteroatoms. The Morgan fingerprint density at radius 3 is 2.53 bits per heavy atom. The fourth-order valence-corrected chi connectivity index (χ4v) is 3.22. The standard InChI is InChI=1S/C10H9ClF2OS3/c1-2-14-9(15)17-10(12,13)16-8-5-3-7(11)4-6-8/h3-6H,2H2,1H3. The molecule has 1 nitrogen and oxygen atoms in total. The Kier molecular flexibility index (Phi) is 5.99. The molecule has 0 saturated heterocycles. The number of hydrogen-bond acceptors (Lipinski definition) is 4. The summed E-state index contributed by atoms with van der Waals surface area (Å²) < 4.78 is 28.6. The highest BCUT2D eigenvalue weighted by atomic mass is 35.5. The SMILES string of the molecule is CCOC(=S)SC(F)(F)Sc1ccc(Cl)cc1. The number of alkyl halides is 2. The van der Waals surface area contributed by atoms with Gasteiger partial charge in [-0.2, -0.15) is 8.78 Å². The first-order valence-corrected chi connectivity index (χ1v) is 7.03. The van der Waals surface area contributed by atoms with Crippen LogP contribution in [0.4, 0.5) is 8.78 Å². The van der Waals surface area contributed by atoms with E-state index in [0.717, 1.165) is 0 Å². The summed E-state index contributed by atoms with van der Waals surface area (Å²) in [7, 11) is 0. The third-order valence-electron chi connectivity index (χ3n) is 1.51. The van der Waals surface area contributed by atoms with Crippen LogP contribution < -0.4 is 0 Å². The van der Waals surface area contributed by atoms with Gasteiger partial charge in [-0.3, -0.25) is 0 Å². The summed E-state index contributed by atoms with van der Waals surface area (Å²) in [6.45, 7) is 1.98. The molecule has 0 amide bonds. The number of ether oxygens (including phenoxy) is 1. The molecule has 0 fully saturated rings. The lowest BCUT2D eigenvalue weighted by Crippen LogP contribution is -2.09. The molecule has 1 aromatic carbocycles. The molecule has 0 aliphatic heterocycles. The second kappa shape index (κ2) is 6.78. The summed E-state index contributed by atoms with van der Waals surface area (Å²) in [5.74, 6) is 0. The van der Waals surface area contributed by atoms with Gasteiger partial charge in [0.05, 0.1) is 6.61 Å². The van der Waals surface area contributed by atoms with Gasteiger partial charge < -0.3 is 4.74 Å². The molecule has 0 aliphatic carbocycles. The van der Waals surface area contributed by atoms with Crippen molar-refractivity contribution < 1.29 is 13.5 Å². The highest BCUT2D eigenvalue weighted by Gasteiger charge is 2.34. The molecule has 0 heterocycles. The lowest BCUT2D eigenvalue weighted by molar-refractivity contribution is 0.212. The van der Waals surface area contributed by atoms with Crippen LogP contribution in [0, 0.1) is 0 Å². The Labute approximate surface area is 117 Å². The van der Waals surface area contributed by atoms with Gasteiger partial charge >= 0.3 is 4.59 Å². The molecule has 0 aliphatic rings. The minimum absolute atomic E-state index is 0.154. The topological polar surface area (TPSA) is 9.23 Å². The van der Waals surface area contributed by atoms with Crippen molar-refractivity contribution in [1.29, 1.82) is 0 Å². The summed E-state index contributed by atoms with van der Waals surface area (Å²) in [4.78, 5) is 0.422. The zero-order valence-electron chi connectivity index (χ0n) is 8.78. The lowest BCUT2D eigenvalue weighted by Gasteiger charge is -2.15. The molecule has 0 saturated carbocycles. The summed E-state index contributed by atoms with van der Waals surface area (Å²) in [5.41, 5.74) is 0. The minimum atomic E-state index is -3.06. The van der Waals surface area contributed by atoms with Gasteiger partial charge in [-0.05, 0) is 55.2 Å². The van der Waals surface area contributed by atoms with E-state index in [9.17, 15) is 8.78 Å². The molecule has 1 rings (SSSR count). The molecule has 94 valence electrons. The predicted octanol–water partition coefficient (Wildman–Crippen LogP) is 5.04. The van der Waals surface area contributed by atoms with Gasteiger partial charge in [-0.25, -0.2) is 0 Å². The van der Waals surface area contributed by atoms with Gasteiger partial charge in [0, 0.05) is 21.7 Å². The van der Waals surface area contributed by atoms with Crippen molar-refractivity contribution in [2.24, 2.45) is 0 Å². The second-order valence-corrected chi connectivity index (χ2v) is 6.40. The van der Waals surface area contributed by atoms with E-state index < -0.39 is 4.59 Å². The maximum atomic E-state index is 13.5. The third kappa shape index (κ3) is 5.90. The molecule has 1 aromatic rings. The second-order valence-electron chi connectivity index (χ2n) is 2.80. The molecular weight excluding hydrogens is 306 g/mol. The van der Waals surface area contributed by atoms with Gasteiger partial charge in [-0.1, -0.05) is 11.6 Å². The molecule has 0 unspecified atom stereocenters. The van der Waals surface area contributed by atoms with Gasteiger partial charge in [0.15, 0.2) is 0 Å². The fraction of sp³-hybridized carbons (Fsp3) is 0.300. The average Bonchev–Trinajstić information content (AvgIpc) is 2.20. The van der Waals surface area contributed by atoms with Gasteiger partial charge in [-0.15, -0.1) is 0 Å². The number of thioether (sulfide) groups is 2. The monoisotopic (exact) mass is 314 g/mol. The Balaban J connectivity index is 2.59. The van der Waals surface area contributed by atoms with Crippen LogP contribution in [-0.2, 0) is 4.74 Å². The van der Waals surface area contributed by atoms with Crippen LogP contribution in [0.1, 0.15) is 6.92 Å². The van der Waals surface area contributed by atoms with Crippen LogP contribution in [0.25, 0.3) is 0 Å². The van der Waals surface area contributed by atoms with Crippen molar-refractivity contribution in [3.63, 3.8) is 0 Å². The maximum Gasteiger partial charge on any atom is 0.354 e. The summed E-state index contributed by atoms with van der Waals surface area (Å²) >= 11 is 11.0. The molecule has 0 spiro atoms. The lowest BCUT2D eigenvalue weighted by atomic mass is 10.4. The first kappa shape index (κ1) is 15.0. The molecule has 0 aromatic heterocycles. The Morgan fingerprint density at radius 1 is 1.41 bits per heavy atom. The van der Waals surface area contributed by atoms with Crippen LogP contribution in [0.15, 0.2) is 29.2 Å². The minimum Gasteiger partial charge on any atom is -0.479 e.